The van der Waals surface area contributed by atoms with Crippen LogP contribution in [0.2, 0.25) is 0 Å². The van der Waals surface area contributed by atoms with E-state index in [1.807, 2.05) is 24.3 Å². The lowest BCUT2D eigenvalue weighted by Gasteiger charge is -2.30. The van der Waals surface area contributed by atoms with Crippen molar-refractivity contribution in [3.05, 3.63) is 35.4 Å². The Kier molecular flexibility index (Phi) is 8.01. The first-order valence-corrected chi connectivity index (χ1v) is 7.57. The van der Waals surface area contributed by atoms with Crippen LogP contribution < -0.4 is 0 Å². The number of rotatable bonds is 9. The van der Waals surface area contributed by atoms with Gasteiger partial charge in [0.1, 0.15) is 0 Å². The van der Waals surface area contributed by atoms with Gasteiger partial charge >= 0.3 is 5.97 Å². The summed E-state index contributed by atoms with van der Waals surface area (Å²) in [6.45, 7) is 6.68. The zero-order valence-electron chi connectivity index (χ0n) is 13.6. The van der Waals surface area contributed by atoms with Crippen LogP contribution in [0.1, 0.15) is 42.6 Å². The summed E-state index contributed by atoms with van der Waals surface area (Å²) in [5, 5.41) is 0. The summed E-state index contributed by atoms with van der Waals surface area (Å²) >= 11 is 0. The number of methoxy groups -OCH3 is 2. The summed E-state index contributed by atoms with van der Waals surface area (Å²) in [6.07, 6.45) is 2.17. The van der Waals surface area contributed by atoms with Crippen LogP contribution in [0.5, 0.6) is 0 Å². The highest BCUT2D eigenvalue weighted by Crippen LogP contribution is 2.17. The van der Waals surface area contributed by atoms with Gasteiger partial charge in [0.25, 0.3) is 0 Å². The van der Waals surface area contributed by atoms with Crippen LogP contribution in [0.3, 0.4) is 0 Å². The molecule has 0 fully saturated rings. The van der Waals surface area contributed by atoms with Crippen molar-refractivity contribution in [3.63, 3.8) is 0 Å². The van der Waals surface area contributed by atoms with Gasteiger partial charge in [-0.05, 0) is 24.5 Å². The normalized spacial score (nSPS) is 11.1. The molecule has 0 N–H and O–H groups in total. The average molecular weight is 293 g/mol. The third-order valence-corrected chi connectivity index (χ3v) is 3.84. The molecule has 1 rings (SSSR count). The standard InChI is InChI=1S/C17H27NO3/c1-5-15(6-2)18(11-12-20-3)13-14-9-7-8-10-16(14)17(19)21-4/h7-10,15H,5-6,11-13H2,1-4H3. The van der Waals surface area contributed by atoms with Crippen molar-refractivity contribution in [2.75, 3.05) is 27.4 Å². The third-order valence-electron chi connectivity index (χ3n) is 3.84. The molecule has 0 saturated heterocycles. The molecule has 118 valence electrons. The van der Waals surface area contributed by atoms with Gasteiger partial charge in [-0.25, -0.2) is 4.79 Å². The second-order valence-corrected chi connectivity index (χ2v) is 5.08. The van der Waals surface area contributed by atoms with Gasteiger partial charge in [0, 0.05) is 26.2 Å². The highest BCUT2D eigenvalue weighted by Gasteiger charge is 2.18. The minimum absolute atomic E-state index is 0.276. The van der Waals surface area contributed by atoms with Gasteiger partial charge in [0.2, 0.25) is 0 Å². The molecule has 1 aromatic rings. The molecule has 0 aromatic heterocycles. The Hall–Kier alpha value is -1.39. The van der Waals surface area contributed by atoms with Crippen molar-refractivity contribution >= 4 is 5.97 Å². The van der Waals surface area contributed by atoms with Crippen LogP contribution >= 0.6 is 0 Å². The molecule has 0 aliphatic heterocycles. The molecular weight excluding hydrogens is 266 g/mol. The van der Waals surface area contributed by atoms with Gasteiger partial charge in [-0.3, -0.25) is 4.90 Å². The molecule has 0 unspecified atom stereocenters. The van der Waals surface area contributed by atoms with Crippen LogP contribution in [0.15, 0.2) is 24.3 Å². The number of hydrogen-bond acceptors (Lipinski definition) is 4. The van der Waals surface area contributed by atoms with Gasteiger partial charge in [0.05, 0.1) is 19.3 Å². The lowest BCUT2D eigenvalue weighted by atomic mass is 10.0. The van der Waals surface area contributed by atoms with E-state index in [1.165, 1.54) is 7.11 Å². The van der Waals surface area contributed by atoms with E-state index in [2.05, 4.69) is 18.7 Å². The lowest BCUT2D eigenvalue weighted by Crippen LogP contribution is -2.36. The van der Waals surface area contributed by atoms with E-state index in [0.717, 1.165) is 31.5 Å². The maximum atomic E-state index is 11.9. The van der Waals surface area contributed by atoms with E-state index >= 15 is 0 Å². The molecule has 21 heavy (non-hydrogen) atoms. The van der Waals surface area contributed by atoms with Crippen LogP contribution in [-0.4, -0.2) is 44.3 Å². The minimum Gasteiger partial charge on any atom is -0.465 e. The Labute approximate surface area is 128 Å². The van der Waals surface area contributed by atoms with Gasteiger partial charge in [-0.1, -0.05) is 32.0 Å². The van der Waals surface area contributed by atoms with Gasteiger partial charge < -0.3 is 9.47 Å². The van der Waals surface area contributed by atoms with E-state index in [1.54, 1.807) is 7.11 Å². The lowest BCUT2D eigenvalue weighted by molar-refractivity contribution is 0.0596. The molecule has 0 atom stereocenters. The Bertz CT molecular complexity index is 430. The number of esters is 1. The fraction of sp³-hybridized carbons (Fsp3) is 0.588. The number of ether oxygens (including phenoxy) is 2. The van der Waals surface area contributed by atoms with Crippen LogP contribution in [0.25, 0.3) is 0 Å². The SMILES string of the molecule is CCC(CC)N(CCOC)Cc1ccccc1C(=O)OC. The van der Waals surface area contributed by atoms with Crippen molar-refractivity contribution in [3.8, 4) is 0 Å². The average Bonchev–Trinajstić information content (AvgIpc) is 2.53. The number of nitrogens with zero attached hydrogens (tertiary/aromatic N) is 1. The molecule has 4 nitrogen and oxygen atoms in total. The Morgan fingerprint density at radius 2 is 1.86 bits per heavy atom. The second kappa shape index (κ2) is 9.53. The topological polar surface area (TPSA) is 38.8 Å². The number of carbonyl (C=O) groups excluding carboxylic acids is 1. The van der Waals surface area contributed by atoms with E-state index in [9.17, 15) is 4.79 Å². The number of carbonyl (C=O) groups is 1. The Morgan fingerprint density at radius 1 is 1.19 bits per heavy atom. The van der Waals surface area contributed by atoms with Crippen molar-refractivity contribution in [1.82, 2.24) is 4.90 Å². The smallest absolute Gasteiger partial charge is 0.338 e. The summed E-state index contributed by atoms with van der Waals surface area (Å²) in [4.78, 5) is 14.3. The monoisotopic (exact) mass is 293 g/mol. The van der Waals surface area contributed by atoms with Crippen LogP contribution in [0, 0.1) is 0 Å². The molecule has 0 aliphatic carbocycles. The molecule has 0 aliphatic rings. The fourth-order valence-electron chi connectivity index (χ4n) is 2.59. The highest BCUT2D eigenvalue weighted by atomic mass is 16.5. The van der Waals surface area contributed by atoms with E-state index in [0.29, 0.717) is 18.2 Å². The summed E-state index contributed by atoms with van der Waals surface area (Å²) in [7, 11) is 3.14. The zero-order chi connectivity index (χ0) is 15.7. The van der Waals surface area contributed by atoms with E-state index in [4.69, 9.17) is 9.47 Å². The van der Waals surface area contributed by atoms with E-state index < -0.39 is 0 Å². The van der Waals surface area contributed by atoms with Crippen molar-refractivity contribution < 1.29 is 14.3 Å². The molecule has 0 heterocycles. The largest absolute Gasteiger partial charge is 0.465 e. The second-order valence-electron chi connectivity index (χ2n) is 5.08. The number of hydrogen-bond donors (Lipinski definition) is 0. The maximum absolute atomic E-state index is 11.9. The Morgan fingerprint density at radius 3 is 2.43 bits per heavy atom. The van der Waals surface area contributed by atoms with E-state index in [-0.39, 0.29) is 5.97 Å². The first kappa shape index (κ1) is 17.7. The predicted octanol–water partition coefficient (Wildman–Crippen LogP) is 3.11. The molecule has 0 saturated carbocycles. The molecule has 0 radical (unpaired) electrons. The first-order chi connectivity index (χ1) is 10.2. The van der Waals surface area contributed by atoms with Crippen molar-refractivity contribution in [1.29, 1.82) is 0 Å². The quantitative estimate of drug-likeness (QED) is 0.656. The van der Waals surface area contributed by atoms with Crippen molar-refractivity contribution in [2.45, 2.75) is 39.3 Å². The highest BCUT2D eigenvalue weighted by molar-refractivity contribution is 5.90. The summed E-state index contributed by atoms with van der Waals surface area (Å²) in [5.41, 5.74) is 1.65. The van der Waals surface area contributed by atoms with Crippen LogP contribution in [-0.2, 0) is 16.0 Å². The molecule has 1 aromatic carbocycles. The first-order valence-electron chi connectivity index (χ1n) is 7.57. The number of benzene rings is 1. The fourth-order valence-corrected chi connectivity index (χ4v) is 2.59. The summed E-state index contributed by atoms with van der Waals surface area (Å²) in [6, 6.07) is 8.14. The predicted molar refractivity (Wildman–Crippen MR) is 84.4 cm³/mol. The summed E-state index contributed by atoms with van der Waals surface area (Å²) in [5.74, 6) is -0.276. The van der Waals surface area contributed by atoms with Crippen molar-refractivity contribution in [2.24, 2.45) is 0 Å². The minimum atomic E-state index is -0.276. The zero-order valence-corrected chi connectivity index (χ0v) is 13.6. The maximum Gasteiger partial charge on any atom is 0.338 e. The third kappa shape index (κ3) is 5.14. The van der Waals surface area contributed by atoms with Gasteiger partial charge in [-0.15, -0.1) is 0 Å². The summed E-state index contributed by atoms with van der Waals surface area (Å²) < 4.78 is 10.1. The molecule has 4 heteroatoms. The van der Waals surface area contributed by atoms with Gasteiger partial charge in [-0.2, -0.15) is 0 Å². The molecule has 0 bridgehead atoms. The molecule has 0 amide bonds. The molecule has 0 spiro atoms. The van der Waals surface area contributed by atoms with Crippen LogP contribution in [0.4, 0.5) is 0 Å². The molecular formula is C17H27NO3. The van der Waals surface area contributed by atoms with Gasteiger partial charge in [0.15, 0.2) is 0 Å². The Balaban J connectivity index is 2.94.